The lowest BCUT2D eigenvalue weighted by molar-refractivity contribution is -0.121. The summed E-state index contributed by atoms with van der Waals surface area (Å²) < 4.78 is 25.3. The number of carbonyl (C=O) groups is 1. The number of hydrogen-bond donors (Lipinski definition) is 2. The van der Waals surface area contributed by atoms with Crippen molar-refractivity contribution in [2.75, 3.05) is 14.1 Å². The first-order valence-electron chi connectivity index (χ1n) is 9.36. The number of nitrogens with zero attached hydrogens (tertiary/aromatic N) is 2. The molecule has 0 aliphatic rings. The van der Waals surface area contributed by atoms with Crippen LogP contribution in [0.4, 0.5) is 0 Å². The lowest BCUT2D eigenvalue weighted by atomic mass is 10.2. The highest BCUT2D eigenvalue weighted by molar-refractivity contribution is 7.89. The van der Waals surface area contributed by atoms with Crippen LogP contribution in [0.5, 0.6) is 0 Å². The Morgan fingerprint density at radius 3 is 2.50 bits per heavy atom. The summed E-state index contributed by atoms with van der Waals surface area (Å²) in [5.74, 6) is 0.309. The third kappa shape index (κ3) is 4.61. The molecule has 0 saturated carbocycles. The second kappa shape index (κ2) is 8.66. The lowest BCUT2D eigenvalue weighted by Crippen LogP contribution is -2.24. The monoisotopic (exact) mass is 448 g/mol. The van der Waals surface area contributed by atoms with Crippen LogP contribution >= 0.6 is 11.3 Å². The molecule has 0 radical (unpaired) electrons. The van der Waals surface area contributed by atoms with Gasteiger partial charge in [0.1, 0.15) is 10.7 Å². The molecule has 160 valence electrons. The summed E-state index contributed by atoms with van der Waals surface area (Å²) in [6.07, 6.45) is 0.512. The van der Waals surface area contributed by atoms with Crippen LogP contribution < -0.4 is 10.9 Å². The molecule has 0 fully saturated rings. The van der Waals surface area contributed by atoms with Gasteiger partial charge in [-0.25, -0.2) is 17.7 Å². The molecular formula is C20H24N4O4S2. The van der Waals surface area contributed by atoms with Crippen LogP contribution in [-0.4, -0.2) is 42.7 Å². The van der Waals surface area contributed by atoms with E-state index in [1.54, 1.807) is 12.1 Å². The summed E-state index contributed by atoms with van der Waals surface area (Å²) in [5, 5.41) is 3.42. The number of hydrogen-bond acceptors (Lipinski definition) is 6. The van der Waals surface area contributed by atoms with Gasteiger partial charge in [0.05, 0.1) is 10.3 Å². The van der Waals surface area contributed by atoms with Gasteiger partial charge in [0.25, 0.3) is 5.56 Å². The maximum absolute atomic E-state index is 12.3. The van der Waals surface area contributed by atoms with Crippen LogP contribution in [0, 0.1) is 13.8 Å². The van der Waals surface area contributed by atoms with Crippen LogP contribution in [-0.2, 0) is 27.8 Å². The topological polar surface area (TPSA) is 112 Å². The Morgan fingerprint density at radius 2 is 1.87 bits per heavy atom. The van der Waals surface area contributed by atoms with Crippen molar-refractivity contribution in [1.29, 1.82) is 0 Å². The summed E-state index contributed by atoms with van der Waals surface area (Å²) in [6.45, 7) is 4.14. The number of H-pyrrole nitrogens is 1. The fourth-order valence-electron chi connectivity index (χ4n) is 2.93. The van der Waals surface area contributed by atoms with Crippen LogP contribution in [0.15, 0.2) is 34.0 Å². The van der Waals surface area contributed by atoms with Crippen LogP contribution in [0.3, 0.4) is 0 Å². The first-order valence-corrected chi connectivity index (χ1v) is 11.6. The van der Waals surface area contributed by atoms with E-state index in [-0.39, 0.29) is 29.3 Å². The summed E-state index contributed by atoms with van der Waals surface area (Å²) in [7, 11) is -0.521. The highest BCUT2D eigenvalue weighted by Crippen LogP contribution is 2.25. The molecule has 0 aliphatic heterocycles. The van der Waals surface area contributed by atoms with E-state index in [9.17, 15) is 18.0 Å². The molecule has 2 N–H and O–H groups in total. The number of nitrogens with one attached hydrogen (secondary N) is 2. The minimum absolute atomic E-state index is 0.176. The van der Waals surface area contributed by atoms with Gasteiger partial charge in [-0.2, -0.15) is 0 Å². The average Bonchev–Trinajstić information content (AvgIpc) is 2.99. The van der Waals surface area contributed by atoms with Crippen molar-refractivity contribution in [2.24, 2.45) is 0 Å². The standard InChI is InChI=1S/C20H24N4O4S2/c1-12-13(2)29-20-18(12)19(26)22-16(23-20)9-10-17(25)21-11-14-5-7-15(8-6-14)30(27,28)24(3)4/h5-8H,9-11H2,1-4H3,(H,21,25)(H,22,23,26). The van der Waals surface area contributed by atoms with Crippen molar-refractivity contribution in [3.8, 4) is 0 Å². The summed E-state index contributed by atoms with van der Waals surface area (Å²) >= 11 is 1.48. The maximum Gasteiger partial charge on any atom is 0.259 e. The number of sulfonamides is 1. The summed E-state index contributed by atoms with van der Waals surface area (Å²) in [4.78, 5) is 33.7. The Kier molecular flexibility index (Phi) is 6.39. The summed E-state index contributed by atoms with van der Waals surface area (Å²) in [5.41, 5.74) is 1.56. The molecule has 3 aromatic rings. The number of carbonyl (C=O) groups excluding carboxylic acids is 1. The van der Waals surface area contributed by atoms with Gasteiger partial charge in [-0.1, -0.05) is 12.1 Å². The molecule has 0 aliphatic carbocycles. The zero-order chi connectivity index (χ0) is 22.1. The van der Waals surface area contributed by atoms with Crippen molar-refractivity contribution in [3.05, 3.63) is 56.4 Å². The quantitative estimate of drug-likeness (QED) is 0.575. The number of fused-ring (bicyclic) bond motifs is 1. The molecule has 2 heterocycles. The number of thiophene rings is 1. The third-order valence-corrected chi connectivity index (χ3v) is 7.80. The molecular weight excluding hydrogens is 424 g/mol. The summed E-state index contributed by atoms with van der Waals surface area (Å²) in [6, 6.07) is 6.38. The van der Waals surface area contributed by atoms with Crippen LogP contribution in [0.25, 0.3) is 10.2 Å². The van der Waals surface area contributed by atoms with Crippen molar-refractivity contribution in [2.45, 2.75) is 38.1 Å². The predicted octanol–water partition coefficient (Wildman–Crippen LogP) is 2.10. The van der Waals surface area contributed by atoms with E-state index in [2.05, 4.69) is 15.3 Å². The van der Waals surface area contributed by atoms with E-state index < -0.39 is 10.0 Å². The zero-order valence-electron chi connectivity index (χ0n) is 17.3. The minimum atomic E-state index is -3.47. The Morgan fingerprint density at radius 1 is 1.20 bits per heavy atom. The number of aryl methyl sites for hydroxylation is 3. The van der Waals surface area contributed by atoms with E-state index in [0.29, 0.717) is 22.5 Å². The van der Waals surface area contributed by atoms with Crippen molar-refractivity contribution < 1.29 is 13.2 Å². The molecule has 1 aromatic carbocycles. The second-order valence-electron chi connectivity index (χ2n) is 7.18. The first kappa shape index (κ1) is 22.1. The van der Waals surface area contributed by atoms with Crippen molar-refractivity contribution in [1.82, 2.24) is 19.6 Å². The van der Waals surface area contributed by atoms with E-state index in [0.717, 1.165) is 20.3 Å². The SMILES string of the molecule is Cc1sc2nc(CCC(=O)NCc3ccc(S(=O)(=O)N(C)C)cc3)[nH]c(=O)c2c1C. The number of aromatic nitrogens is 2. The first-order chi connectivity index (χ1) is 14.1. The minimum Gasteiger partial charge on any atom is -0.352 e. The molecule has 10 heteroatoms. The number of rotatable bonds is 7. The predicted molar refractivity (Wildman–Crippen MR) is 117 cm³/mol. The number of benzene rings is 1. The van der Waals surface area contributed by atoms with Gasteiger partial charge in [0, 0.05) is 38.4 Å². The van der Waals surface area contributed by atoms with E-state index in [1.165, 1.54) is 37.6 Å². The van der Waals surface area contributed by atoms with Gasteiger partial charge in [-0.15, -0.1) is 11.3 Å². The second-order valence-corrected chi connectivity index (χ2v) is 10.5. The Labute approximate surface area is 179 Å². The Balaban J connectivity index is 1.58. The number of aromatic amines is 1. The highest BCUT2D eigenvalue weighted by Gasteiger charge is 2.16. The van der Waals surface area contributed by atoms with Crippen molar-refractivity contribution >= 4 is 37.5 Å². The highest BCUT2D eigenvalue weighted by atomic mass is 32.2. The van der Waals surface area contributed by atoms with E-state index in [4.69, 9.17) is 0 Å². The van der Waals surface area contributed by atoms with E-state index in [1.807, 2.05) is 13.8 Å². The largest absolute Gasteiger partial charge is 0.352 e. The molecule has 3 rings (SSSR count). The van der Waals surface area contributed by atoms with Gasteiger partial charge in [-0.05, 0) is 37.1 Å². The molecule has 0 bridgehead atoms. The molecule has 0 saturated heterocycles. The van der Waals surface area contributed by atoms with Gasteiger partial charge in [-0.3, -0.25) is 9.59 Å². The normalized spacial score (nSPS) is 11.9. The molecule has 0 unspecified atom stereocenters. The van der Waals surface area contributed by atoms with Gasteiger partial charge in [0.2, 0.25) is 15.9 Å². The molecule has 2 aromatic heterocycles. The van der Waals surface area contributed by atoms with Crippen LogP contribution in [0.2, 0.25) is 0 Å². The Bertz CT molecular complexity index is 1240. The fraction of sp³-hybridized carbons (Fsp3) is 0.350. The maximum atomic E-state index is 12.3. The van der Waals surface area contributed by atoms with Gasteiger partial charge < -0.3 is 10.3 Å². The average molecular weight is 449 g/mol. The molecule has 30 heavy (non-hydrogen) atoms. The van der Waals surface area contributed by atoms with E-state index >= 15 is 0 Å². The van der Waals surface area contributed by atoms with Gasteiger partial charge in [0.15, 0.2) is 0 Å². The third-order valence-electron chi connectivity index (χ3n) is 4.87. The number of amides is 1. The fourth-order valence-corrected chi connectivity index (χ4v) is 4.88. The molecule has 8 nitrogen and oxygen atoms in total. The molecule has 1 amide bonds. The van der Waals surface area contributed by atoms with Gasteiger partial charge >= 0.3 is 0 Å². The molecule has 0 atom stereocenters. The Hall–Kier alpha value is -2.56. The lowest BCUT2D eigenvalue weighted by Gasteiger charge is -2.12. The molecule has 0 spiro atoms. The van der Waals surface area contributed by atoms with Crippen LogP contribution in [0.1, 0.15) is 28.2 Å². The van der Waals surface area contributed by atoms with Crippen molar-refractivity contribution in [3.63, 3.8) is 0 Å². The zero-order valence-corrected chi connectivity index (χ0v) is 18.9. The smallest absolute Gasteiger partial charge is 0.259 e.